The highest BCUT2D eigenvalue weighted by molar-refractivity contribution is 9.10. The quantitative estimate of drug-likeness (QED) is 0.678. The molecule has 1 heterocycles. The first-order chi connectivity index (χ1) is 9.47. The van der Waals surface area contributed by atoms with E-state index in [1.807, 2.05) is 0 Å². The molecule has 2 rings (SSSR count). The van der Waals surface area contributed by atoms with Crippen LogP contribution in [0.3, 0.4) is 0 Å². The molecule has 8 heteroatoms. The Balaban J connectivity index is 2.39. The summed E-state index contributed by atoms with van der Waals surface area (Å²) < 4.78 is 5.93. The number of nitrogens with zero attached hydrogens (tertiary/aromatic N) is 2. The fourth-order valence-electron chi connectivity index (χ4n) is 1.44. The van der Waals surface area contributed by atoms with Crippen LogP contribution in [0.2, 0.25) is 0 Å². The second-order valence-electron chi connectivity index (χ2n) is 3.66. The van der Waals surface area contributed by atoms with Crippen molar-refractivity contribution in [2.45, 2.75) is 0 Å². The minimum atomic E-state index is -1.17. The molecule has 20 heavy (non-hydrogen) atoms. The second kappa shape index (κ2) is 5.66. The summed E-state index contributed by atoms with van der Waals surface area (Å²) in [5, 5.41) is 19.7. The predicted molar refractivity (Wildman–Crippen MR) is 72.1 cm³/mol. The Morgan fingerprint density at radius 1 is 1.35 bits per heavy atom. The Labute approximate surface area is 121 Å². The van der Waals surface area contributed by atoms with Crippen molar-refractivity contribution >= 4 is 27.6 Å². The molecule has 0 atom stereocenters. The van der Waals surface area contributed by atoms with E-state index >= 15 is 0 Å². The number of rotatable bonds is 4. The third-order valence-electron chi connectivity index (χ3n) is 2.32. The molecule has 0 aliphatic heterocycles. The molecule has 1 aromatic heterocycles. The molecule has 7 nitrogen and oxygen atoms in total. The van der Waals surface area contributed by atoms with E-state index in [1.165, 1.54) is 24.4 Å². The van der Waals surface area contributed by atoms with Gasteiger partial charge in [-0.2, -0.15) is 0 Å². The van der Waals surface area contributed by atoms with E-state index in [-0.39, 0.29) is 22.9 Å². The summed E-state index contributed by atoms with van der Waals surface area (Å²) in [7, 11) is 0. The van der Waals surface area contributed by atoms with Gasteiger partial charge in [0.1, 0.15) is 11.3 Å². The van der Waals surface area contributed by atoms with Gasteiger partial charge in [-0.05, 0) is 18.2 Å². The van der Waals surface area contributed by atoms with Crippen LogP contribution in [-0.2, 0) is 0 Å². The Hall–Kier alpha value is -2.48. The van der Waals surface area contributed by atoms with E-state index < -0.39 is 10.9 Å². The molecule has 0 saturated carbocycles. The molecular weight excluding hydrogens is 332 g/mol. The van der Waals surface area contributed by atoms with E-state index in [9.17, 15) is 14.9 Å². The lowest BCUT2D eigenvalue weighted by molar-refractivity contribution is -0.385. The van der Waals surface area contributed by atoms with Crippen molar-refractivity contribution in [2.24, 2.45) is 0 Å². The Bertz CT molecular complexity index is 689. The molecule has 102 valence electrons. The van der Waals surface area contributed by atoms with Crippen molar-refractivity contribution in [2.75, 3.05) is 0 Å². The molecular formula is C12H7BrN2O5. The van der Waals surface area contributed by atoms with Gasteiger partial charge in [-0.15, -0.1) is 0 Å². The summed E-state index contributed by atoms with van der Waals surface area (Å²) in [6.07, 6.45) is 1.21. The monoisotopic (exact) mass is 338 g/mol. The van der Waals surface area contributed by atoms with Crippen LogP contribution in [0.25, 0.3) is 0 Å². The van der Waals surface area contributed by atoms with Gasteiger partial charge in [0.05, 0.1) is 11.0 Å². The molecule has 1 N–H and O–H groups in total. The van der Waals surface area contributed by atoms with Crippen LogP contribution in [0.5, 0.6) is 11.6 Å². The number of carbonyl (C=O) groups is 1. The smallest absolute Gasteiger partial charge is 0.339 e. The SMILES string of the molecule is O=C(O)c1ccc(Br)cc1Oc1cc([N+](=O)[O-])ccn1. The fraction of sp³-hybridized carbons (Fsp3) is 0. The molecule has 0 fully saturated rings. The van der Waals surface area contributed by atoms with E-state index in [1.54, 1.807) is 6.07 Å². The standard InChI is InChI=1S/C12H7BrN2O5/c13-7-1-2-9(12(16)17)10(5-7)20-11-6-8(15(18)19)3-4-14-11/h1-6H,(H,16,17). The molecule has 0 aliphatic rings. The highest BCUT2D eigenvalue weighted by Crippen LogP contribution is 2.29. The van der Waals surface area contributed by atoms with Crippen molar-refractivity contribution in [3.8, 4) is 11.6 Å². The number of aromatic carboxylic acids is 1. The number of hydrogen-bond acceptors (Lipinski definition) is 5. The number of nitro groups is 1. The maximum absolute atomic E-state index is 11.1. The number of halogens is 1. The topological polar surface area (TPSA) is 103 Å². The lowest BCUT2D eigenvalue weighted by Crippen LogP contribution is -2.00. The first kappa shape index (κ1) is 13.9. The van der Waals surface area contributed by atoms with Crippen molar-refractivity contribution < 1.29 is 19.6 Å². The van der Waals surface area contributed by atoms with Gasteiger partial charge in [-0.1, -0.05) is 15.9 Å². The third-order valence-corrected chi connectivity index (χ3v) is 2.81. The number of hydrogen-bond donors (Lipinski definition) is 1. The number of carboxylic acids is 1. The molecule has 0 saturated heterocycles. The zero-order chi connectivity index (χ0) is 14.7. The average molecular weight is 339 g/mol. The fourth-order valence-corrected chi connectivity index (χ4v) is 1.78. The number of pyridine rings is 1. The van der Waals surface area contributed by atoms with Gasteiger partial charge in [-0.25, -0.2) is 9.78 Å². The van der Waals surface area contributed by atoms with Crippen molar-refractivity contribution in [3.63, 3.8) is 0 Å². The summed E-state index contributed by atoms with van der Waals surface area (Å²) in [5.74, 6) is -1.18. The summed E-state index contributed by atoms with van der Waals surface area (Å²) in [6, 6.07) is 6.69. The summed E-state index contributed by atoms with van der Waals surface area (Å²) in [5.41, 5.74) is -0.261. The number of ether oxygens (including phenoxy) is 1. The Morgan fingerprint density at radius 2 is 2.10 bits per heavy atom. The first-order valence-electron chi connectivity index (χ1n) is 5.28. The zero-order valence-corrected chi connectivity index (χ0v) is 11.4. The highest BCUT2D eigenvalue weighted by atomic mass is 79.9. The van der Waals surface area contributed by atoms with Crippen molar-refractivity contribution in [3.05, 3.63) is 56.7 Å². The Kier molecular flexibility index (Phi) is 3.94. The minimum Gasteiger partial charge on any atom is -0.478 e. The number of aromatic nitrogens is 1. The molecule has 0 aliphatic carbocycles. The van der Waals surface area contributed by atoms with E-state index in [0.717, 1.165) is 6.07 Å². The van der Waals surface area contributed by atoms with Crippen LogP contribution < -0.4 is 4.74 Å². The van der Waals surface area contributed by atoms with Crippen LogP contribution in [0.4, 0.5) is 5.69 Å². The number of benzene rings is 1. The van der Waals surface area contributed by atoms with Crippen molar-refractivity contribution in [1.29, 1.82) is 0 Å². The zero-order valence-electron chi connectivity index (χ0n) is 9.82. The van der Waals surface area contributed by atoms with E-state index in [4.69, 9.17) is 9.84 Å². The van der Waals surface area contributed by atoms with Crippen LogP contribution >= 0.6 is 15.9 Å². The van der Waals surface area contributed by atoms with Crippen LogP contribution in [0.1, 0.15) is 10.4 Å². The molecule has 0 unspecified atom stereocenters. The van der Waals surface area contributed by atoms with Gasteiger partial charge in [0.15, 0.2) is 0 Å². The average Bonchev–Trinajstić information content (AvgIpc) is 2.38. The van der Waals surface area contributed by atoms with Gasteiger partial charge in [-0.3, -0.25) is 10.1 Å². The summed E-state index contributed by atoms with van der Waals surface area (Å²) in [4.78, 5) is 25.0. The first-order valence-corrected chi connectivity index (χ1v) is 6.08. The Morgan fingerprint density at radius 3 is 2.75 bits per heavy atom. The molecule has 0 bridgehead atoms. The van der Waals surface area contributed by atoms with Crippen LogP contribution in [-0.4, -0.2) is 21.0 Å². The van der Waals surface area contributed by atoms with Crippen molar-refractivity contribution in [1.82, 2.24) is 4.98 Å². The number of carboxylic acid groups (broad SMARTS) is 1. The summed E-state index contributed by atoms with van der Waals surface area (Å²) >= 11 is 3.19. The molecule has 2 aromatic rings. The maximum atomic E-state index is 11.1. The van der Waals surface area contributed by atoms with Gasteiger partial charge in [0.2, 0.25) is 5.88 Å². The molecule has 1 aromatic carbocycles. The maximum Gasteiger partial charge on any atom is 0.339 e. The lowest BCUT2D eigenvalue weighted by Gasteiger charge is -2.08. The molecule has 0 amide bonds. The normalized spacial score (nSPS) is 10.1. The van der Waals surface area contributed by atoms with Gasteiger partial charge < -0.3 is 9.84 Å². The second-order valence-corrected chi connectivity index (χ2v) is 4.57. The minimum absolute atomic E-state index is 0.0415. The van der Waals surface area contributed by atoms with Gasteiger partial charge >= 0.3 is 5.97 Å². The summed E-state index contributed by atoms with van der Waals surface area (Å²) in [6.45, 7) is 0. The molecule has 0 spiro atoms. The van der Waals surface area contributed by atoms with Gasteiger partial charge in [0.25, 0.3) is 5.69 Å². The highest BCUT2D eigenvalue weighted by Gasteiger charge is 2.14. The van der Waals surface area contributed by atoms with Crippen LogP contribution in [0.15, 0.2) is 41.0 Å². The van der Waals surface area contributed by atoms with Crippen LogP contribution in [0, 0.1) is 10.1 Å². The third kappa shape index (κ3) is 3.09. The van der Waals surface area contributed by atoms with Gasteiger partial charge in [0, 0.05) is 16.7 Å². The predicted octanol–water partition coefficient (Wildman–Crippen LogP) is 3.24. The largest absolute Gasteiger partial charge is 0.478 e. The molecule has 0 radical (unpaired) electrons. The van der Waals surface area contributed by atoms with E-state index in [0.29, 0.717) is 4.47 Å². The van der Waals surface area contributed by atoms with E-state index in [2.05, 4.69) is 20.9 Å². The lowest BCUT2D eigenvalue weighted by atomic mass is 10.2.